The largest absolute Gasteiger partial charge is 0.466 e. The molecule has 0 spiro atoms. The van der Waals surface area contributed by atoms with Crippen LogP contribution in [-0.4, -0.2) is 20.5 Å². The number of fused-ring (bicyclic) bond motifs is 1. The molecule has 1 saturated carbocycles. The van der Waals surface area contributed by atoms with E-state index in [1.165, 1.54) is 6.42 Å². The van der Waals surface area contributed by atoms with Crippen LogP contribution in [0.1, 0.15) is 37.2 Å². The van der Waals surface area contributed by atoms with E-state index in [2.05, 4.69) is 22.4 Å². The van der Waals surface area contributed by atoms with Crippen molar-refractivity contribution in [2.45, 2.75) is 32.1 Å². The fourth-order valence-electron chi connectivity index (χ4n) is 2.80. The molecule has 3 heterocycles. The van der Waals surface area contributed by atoms with Crippen LogP contribution >= 0.6 is 0 Å². The van der Waals surface area contributed by atoms with Crippen LogP contribution in [0.4, 0.5) is 5.95 Å². The number of rotatable bonds is 5. The third-order valence-corrected chi connectivity index (χ3v) is 4.32. The SMILES string of the molecule is C[C@@H]1C[C@@H]1c1ccc(CCC(=O)Nc2nnc3ccccn23)o1. The van der Waals surface area contributed by atoms with Crippen LogP contribution in [0, 0.1) is 5.92 Å². The second-order valence-corrected chi connectivity index (χ2v) is 6.12. The lowest BCUT2D eigenvalue weighted by Gasteiger charge is -2.02. The van der Waals surface area contributed by atoms with E-state index >= 15 is 0 Å². The number of amides is 1. The van der Waals surface area contributed by atoms with Crippen molar-refractivity contribution in [2.24, 2.45) is 5.92 Å². The Morgan fingerprint density at radius 3 is 3.04 bits per heavy atom. The summed E-state index contributed by atoms with van der Waals surface area (Å²) in [6.07, 6.45) is 3.96. The molecule has 6 heteroatoms. The molecule has 23 heavy (non-hydrogen) atoms. The van der Waals surface area contributed by atoms with E-state index in [-0.39, 0.29) is 5.91 Å². The molecule has 0 saturated heterocycles. The number of carbonyl (C=O) groups excluding carboxylic acids is 1. The molecule has 1 amide bonds. The van der Waals surface area contributed by atoms with E-state index in [9.17, 15) is 4.79 Å². The average molecular weight is 310 g/mol. The minimum atomic E-state index is -0.0964. The molecule has 0 aromatic carbocycles. The van der Waals surface area contributed by atoms with Gasteiger partial charge in [0, 0.05) is 25.0 Å². The number of nitrogens with zero attached hydrogens (tertiary/aromatic N) is 3. The lowest BCUT2D eigenvalue weighted by molar-refractivity contribution is -0.116. The van der Waals surface area contributed by atoms with Gasteiger partial charge in [-0.1, -0.05) is 13.0 Å². The first-order chi connectivity index (χ1) is 11.2. The Morgan fingerprint density at radius 2 is 2.22 bits per heavy atom. The van der Waals surface area contributed by atoms with Crippen LogP contribution in [0.2, 0.25) is 0 Å². The first kappa shape index (κ1) is 14.0. The summed E-state index contributed by atoms with van der Waals surface area (Å²) in [6, 6.07) is 9.60. The van der Waals surface area contributed by atoms with E-state index in [1.807, 2.05) is 36.5 Å². The first-order valence-electron chi connectivity index (χ1n) is 7.89. The molecule has 1 N–H and O–H groups in total. The lowest BCUT2D eigenvalue weighted by atomic mass is 10.2. The maximum Gasteiger partial charge on any atom is 0.235 e. The standard InChI is InChI=1S/C17H18N4O2/c1-11-10-13(11)14-7-5-12(23-14)6-8-16(22)18-17-20-19-15-4-2-3-9-21(15)17/h2-5,7,9,11,13H,6,8,10H2,1H3,(H,18,20,22)/t11-,13+/m1/s1. The minimum absolute atomic E-state index is 0.0964. The highest BCUT2D eigenvalue weighted by atomic mass is 16.3. The Morgan fingerprint density at radius 1 is 1.35 bits per heavy atom. The minimum Gasteiger partial charge on any atom is -0.466 e. The smallest absolute Gasteiger partial charge is 0.235 e. The zero-order valence-electron chi connectivity index (χ0n) is 12.9. The van der Waals surface area contributed by atoms with Crippen molar-refractivity contribution in [2.75, 3.05) is 5.32 Å². The molecule has 0 unspecified atom stereocenters. The maximum atomic E-state index is 12.1. The quantitative estimate of drug-likeness (QED) is 0.786. The van der Waals surface area contributed by atoms with Crippen LogP contribution in [0.5, 0.6) is 0 Å². The normalized spacial score (nSPS) is 19.9. The third-order valence-electron chi connectivity index (χ3n) is 4.32. The van der Waals surface area contributed by atoms with Gasteiger partial charge in [0.15, 0.2) is 5.65 Å². The fourth-order valence-corrected chi connectivity index (χ4v) is 2.80. The number of hydrogen-bond acceptors (Lipinski definition) is 4. The van der Waals surface area contributed by atoms with Gasteiger partial charge in [-0.3, -0.25) is 14.5 Å². The molecule has 3 aromatic heterocycles. The zero-order valence-corrected chi connectivity index (χ0v) is 12.9. The first-order valence-corrected chi connectivity index (χ1v) is 7.89. The molecular formula is C17H18N4O2. The summed E-state index contributed by atoms with van der Waals surface area (Å²) >= 11 is 0. The molecule has 6 nitrogen and oxygen atoms in total. The Balaban J connectivity index is 1.36. The predicted molar refractivity (Wildman–Crippen MR) is 85.2 cm³/mol. The van der Waals surface area contributed by atoms with Crippen molar-refractivity contribution in [3.05, 3.63) is 48.0 Å². The predicted octanol–water partition coefficient (Wildman–Crippen LogP) is 3.02. The molecule has 2 atom stereocenters. The molecule has 118 valence electrons. The number of pyridine rings is 1. The molecule has 1 aliphatic carbocycles. The number of nitrogens with one attached hydrogen (secondary N) is 1. The second kappa shape index (κ2) is 5.53. The van der Waals surface area contributed by atoms with E-state index in [0.29, 0.717) is 30.4 Å². The molecular weight excluding hydrogens is 292 g/mol. The summed E-state index contributed by atoms with van der Waals surface area (Å²) in [7, 11) is 0. The maximum absolute atomic E-state index is 12.1. The van der Waals surface area contributed by atoms with Crippen molar-refractivity contribution in [3.63, 3.8) is 0 Å². The summed E-state index contributed by atoms with van der Waals surface area (Å²) in [5.74, 6) is 3.55. The van der Waals surface area contributed by atoms with Gasteiger partial charge in [-0.05, 0) is 36.6 Å². The Hall–Kier alpha value is -2.63. The van der Waals surface area contributed by atoms with Crippen LogP contribution in [0.3, 0.4) is 0 Å². The Kier molecular flexibility index (Phi) is 3.37. The highest BCUT2D eigenvalue weighted by molar-refractivity contribution is 5.89. The second-order valence-electron chi connectivity index (χ2n) is 6.12. The third kappa shape index (κ3) is 2.84. The number of aromatic nitrogens is 3. The molecule has 0 radical (unpaired) electrons. The summed E-state index contributed by atoms with van der Waals surface area (Å²) in [5, 5.41) is 10.8. The zero-order chi connectivity index (χ0) is 15.8. The van der Waals surface area contributed by atoms with Gasteiger partial charge < -0.3 is 4.42 Å². The molecule has 1 fully saturated rings. The summed E-state index contributed by atoms with van der Waals surface area (Å²) < 4.78 is 7.57. The summed E-state index contributed by atoms with van der Waals surface area (Å²) in [5.41, 5.74) is 0.706. The topological polar surface area (TPSA) is 72.4 Å². The van der Waals surface area contributed by atoms with Crippen LogP contribution in [0.25, 0.3) is 5.65 Å². The van der Waals surface area contributed by atoms with Crippen molar-refractivity contribution < 1.29 is 9.21 Å². The number of anilines is 1. The molecule has 1 aliphatic rings. The van der Waals surface area contributed by atoms with Gasteiger partial charge in [0.25, 0.3) is 0 Å². The van der Waals surface area contributed by atoms with E-state index in [4.69, 9.17) is 4.42 Å². The van der Waals surface area contributed by atoms with Crippen molar-refractivity contribution in [1.82, 2.24) is 14.6 Å². The lowest BCUT2D eigenvalue weighted by Crippen LogP contribution is -2.14. The summed E-state index contributed by atoms with van der Waals surface area (Å²) in [6.45, 7) is 2.23. The Bertz CT molecular complexity index is 851. The van der Waals surface area contributed by atoms with Gasteiger partial charge in [0.2, 0.25) is 11.9 Å². The van der Waals surface area contributed by atoms with Crippen LogP contribution in [-0.2, 0) is 11.2 Å². The van der Waals surface area contributed by atoms with E-state index in [1.54, 1.807) is 4.40 Å². The number of furan rings is 1. The molecule has 0 bridgehead atoms. The molecule has 3 aromatic rings. The fraction of sp³-hybridized carbons (Fsp3) is 0.353. The van der Waals surface area contributed by atoms with Crippen molar-refractivity contribution in [1.29, 1.82) is 0 Å². The van der Waals surface area contributed by atoms with E-state index in [0.717, 1.165) is 17.4 Å². The van der Waals surface area contributed by atoms with Gasteiger partial charge in [-0.2, -0.15) is 0 Å². The monoisotopic (exact) mass is 310 g/mol. The van der Waals surface area contributed by atoms with Crippen LogP contribution in [0.15, 0.2) is 40.9 Å². The van der Waals surface area contributed by atoms with Gasteiger partial charge in [0.05, 0.1) is 0 Å². The average Bonchev–Trinajstić information content (AvgIpc) is 2.98. The molecule has 0 aliphatic heterocycles. The molecule has 4 rings (SSSR count). The Labute approximate surface area is 133 Å². The van der Waals surface area contributed by atoms with Gasteiger partial charge >= 0.3 is 0 Å². The number of hydrogen-bond donors (Lipinski definition) is 1. The van der Waals surface area contributed by atoms with Crippen molar-refractivity contribution >= 4 is 17.5 Å². The number of carbonyl (C=O) groups is 1. The van der Waals surface area contributed by atoms with Gasteiger partial charge in [-0.15, -0.1) is 10.2 Å². The highest BCUT2D eigenvalue weighted by Crippen LogP contribution is 2.47. The van der Waals surface area contributed by atoms with Crippen LogP contribution < -0.4 is 5.32 Å². The van der Waals surface area contributed by atoms with Gasteiger partial charge in [-0.25, -0.2) is 0 Å². The summed E-state index contributed by atoms with van der Waals surface area (Å²) in [4.78, 5) is 12.1. The van der Waals surface area contributed by atoms with Crippen molar-refractivity contribution in [3.8, 4) is 0 Å². The highest BCUT2D eigenvalue weighted by Gasteiger charge is 2.36. The number of aryl methyl sites for hydroxylation is 1. The van der Waals surface area contributed by atoms with E-state index < -0.39 is 0 Å². The van der Waals surface area contributed by atoms with Gasteiger partial charge in [0.1, 0.15) is 11.5 Å².